The molecule has 0 unspecified atom stereocenters. The van der Waals surface area contributed by atoms with Crippen molar-refractivity contribution in [2.75, 3.05) is 6.54 Å². The van der Waals surface area contributed by atoms with E-state index in [0.29, 0.717) is 0 Å². The van der Waals surface area contributed by atoms with Gasteiger partial charge in [0.25, 0.3) is 0 Å². The molecule has 0 saturated carbocycles. The minimum Gasteiger partial charge on any atom is -0.331 e. The minimum atomic E-state index is 0.895. The van der Waals surface area contributed by atoms with Crippen molar-refractivity contribution in [2.45, 2.75) is 0 Å². The Labute approximate surface area is 62.6 Å². The fraction of sp³-hybridized carbons (Fsp3) is 0.143. The molecule has 1 aromatic rings. The van der Waals surface area contributed by atoms with E-state index in [2.05, 4.69) is 15.2 Å². The lowest BCUT2D eigenvalue weighted by molar-refractivity contribution is 0.713. The Morgan fingerprint density at radius 3 is 3.55 bits per heavy atom. The maximum absolute atomic E-state index is 4.24. The van der Waals surface area contributed by atoms with Crippen molar-refractivity contribution in [2.24, 2.45) is 4.99 Å². The van der Waals surface area contributed by atoms with Crippen molar-refractivity contribution in [3.63, 3.8) is 0 Å². The van der Waals surface area contributed by atoms with Crippen LogP contribution in [0.3, 0.4) is 0 Å². The third-order valence-electron chi connectivity index (χ3n) is 1.97. The summed E-state index contributed by atoms with van der Waals surface area (Å²) in [5, 5.41) is 9.05. The van der Waals surface area contributed by atoms with Gasteiger partial charge in [-0.05, 0) is 0 Å². The Balaban J connectivity index is 2.59. The van der Waals surface area contributed by atoms with E-state index in [1.807, 2.05) is 23.6 Å². The van der Waals surface area contributed by atoms with Crippen molar-refractivity contribution in [3.05, 3.63) is 16.8 Å². The van der Waals surface area contributed by atoms with Gasteiger partial charge in [-0.1, -0.05) is 0 Å². The Kier molecular flexibility index (Phi) is 0.711. The van der Waals surface area contributed by atoms with E-state index in [4.69, 9.17) is 0 Å². The number of aliphatic imine (C=N–C) groups is 1. The number of H-pyrrole nitrogens is 1. The smallest absolute Gasteiger partial charge is 0.0953 e. The largest absolute Gasteiger partial charge is 0.331 e. The summed E-state index contributed by atoms with van der Waals surface area (Å²) in [7, 11) is 0. The van der Waals surface area contributed by atoms with Crippen LogP contribution in [0.25, 0.3) is 11.9 Å². The molecule has 3 heterocycles. The van der Waals surface area contributed by atoms with Gasteiger partial charge in [0.15, 0.2) is 0 Å². The van der Waals surface area contributed by atoms with Crippen molar-refractivity contribution in [1.29, 1.82) is 0 Å². The highest BCUT2D eigenvalue weighted by atomic mass is 15.2. The molecule has 54 valence electrons. The number of hydrogen-bond acceptors (Lipinski definition) is 3. The maximum atomic E-state index is 4.24. The van der Waals surface area contributed by atoms with E-state index < -0.39 is 0 Å². The second-order valence-corrected chi connectivity index (χ2v) is 2.69. The SMILES string of the molecule is C1=NC2=c3cn[nH]c3=CN1C2. The van der Waals surface area contributed by atoms with Gasteiger partial charge >= 0.3 is 0 Å². The van der Waals surface area contributed by atoms with Gasteiger partial charge < -0.3 is 4.90 Å². The maximum Gasteiger partial charge on any atom is 0.0953 e. The first-order valence-corrected chi connectivity index (χ1v) is 3.48. The molecule has 2 aliphatic rings. The Morgan fingerprint density at radius 1 is 1.55 bits per heavy atom. The second-order valence-electron chi connectivity index (χ2n) is 2.69. The number of nitrogens with zero attached hydrogens (tertiary/aromatic N) is 3. The zero-order valence-electron chi connectivity index (χ0n) is 5.78. The Hall–Kier alpha value is -1.58. The predicted molar refractivity (Wildman–Crippen MR) is 40.9 cm³/mol. The van der Waals surface area contributed by atoms with E-state index >= 15 is 0 Å². The monoisotopic (exact) mass is 146 g/mol. The zero-order chi connectivity index (χ0) is 7.26. The van der Waals surface area contributed by atoms with Crippen molar-refractivity contribution < 1.29 is 0 Å². The van der Waals surface area contributed by atoms with Gasteiger partial charge in [-0.15, -0.1) is 0 Å². The number of nitrogens with one attached hydrogen (secondary N) is 1. The summed E-state index contributed by atoms with van der Waals surface area (Å²) in [6, 6.07) is 0. The first kappa shape index (κ1) is 5.12. The number of aromatic nitrogens is 2. The van der Waals surface area contributed by atoms with Gasteiger partial charge in [0, 0.05) is 11.4 Å². The van der Waals surface area contributed by atoms with E-state index in [-0.39, 0.29) is 0 Å². The molecule has 11 heavy (non-hydrogen) atoms. The van der Waals surface area contributed by atoms with Crippen LogP contribution in [-0.2, 0) is 0 Å². The summed E-state index contributed by atoms with van der Waals surface area (Å²) in [6.07, 6.45) is 5.67. The topological polar surface area (TPSA) is 44.3 Å². The summed E-state index contributed by atoms with van der Waals surface area (Å²) in [4.78, 5) is 6.28. The highest BCUT2D eigenvalue weighted by Crippen LogP contribution is 2.07. The van der Waals surface area contributed by atoms with E-state index in [1.165, 1.54) is 0 Å². The second kappa shape index (κ2) is 1.53. The van der Waals surface area contributed by atoms with Crippen LogP contribution in [0.1, 0.15) is 0 Å². The van der Waals surface area contributed by atoms with Crippen LogP contribution in [-0.4, -0.2) is 28.0 Å². The first-order chi connectivity index (χ1) is 5.43. The molecule has 0 atom stereocenters. The van der Waals surface area contributed by atoms with E-state index in [1.54, 1.807) is 0 Å². The van der Waals surface area contributed by atoms with Crippen LogP contribution in [0.2, 0.25) is 0 Å². The minimum absolute atomic E-state index is 0.895. The molecule has 4 nitrogen and oxygen atoms in total. The molecule has 0 saturated heterocycles. The van der Waals surface area contributed by atoms with Gasteiger partial charge in [-0.25, -0.2) is 4.99 Å². The summed E-state index contributed by atoms with van der Waals surface area (Å²) >= 11 is 0. The van der Waals surface area contributed by atoms with Gasteiger partial charge in [0.1, 0.15) is 0 Å². The van der Waals surface area contributed by atoms with Gasteiger partial charge in [-0.2, -0.15) is 5.10 Å². The molecule has 4 heteroatoms. The van der Waals surface area contributed by atoms with E-state index in [9.17, 15) is 0 Å². The summed E-state index contributed by atoms with van der Waals surface area (Å²) in [6.45, 7) is 0.895. The van der Waals surface area contributed by atoms with Crippen molar-refractivity contribution >= 4 is 18.2 Å². The molecule has 0 amide bonds. The van der Waals surface area contributed by atoms with Crippen LogP contribution >= 0.6 is 0 Å². The van der Waals surface area contributed by atoms with Crippen LogP contribution < -0.4 is 10.6 Å². The van der Waals surface area contributed by atoms with Gasteiger partial charge in [-0.3, -0.25) is 5.10 Å². The average molecular weight is 146 g/mol. The molecule has 0 fully saturated rings. The van der Waals surface area contributed by atoms with Crippen molar-refractivity contribution in [1.82, 2.24) is 15.1 Å². The Bertz CT molecular complexity index is 439. The molecule has 2 aliphatic heterocycles. The molecule has 1 aromatic heterocycles. The average Bonchev–Trinajstić information content (AvgIpc) is 2.58. The molecule has 1 N–H and O–H groups in total. The predicted octanol–water partition coefficient (Wildman–Crippen LogP) is -1.39. The molecule has 0 radical (unpaired) electrons. The number of aromatic amines is 1. The number of hydrogen-bond donors (Lipinski definition) is 1. The number of fused-ring (bicyclic) bond motifs is 3. The number of rotatable bonds is 0. The van der Waals surface area contributed by atoms with Crippen LogP contribution in [0.5, 0.6) is 0 Å². The van der Waals surface area contributed by atoms with Crippen LogP contribution in [0, 0.1) is 0 Å². The molecule has 2 bridgehead atoms. The molecule has 3 rings (SSSR count). The highest BCUT2D eigenvalue weighted by molar-refractivity contribution is 5.77. The zero-order valence-corrected chi connectivity index (χ0v) is 5.78. The lowest BCUT2D eigenvalue weighted by atomic mass is 10.3. The summed E-state index contributed by atoms with van der Waals surface area (Å²) in [5.74, 6) is 0. The molecule has 0 aromatic carbocycles. The molecule has 0 aliphatic carbocycles. The molecular weight excluding hydrogens is 140 g/mol. The summed E-state index contributed by atoms with van der Waals surface area (Å²) < 4.78 is 0. The molecule has 0 spiro atoms. The van der Waals surface area contributed by atoms with Crippen LogP contribution in [0.15, 0.2) is 11.2 Å². The third kappa shape index (κ3) is 0.537. The van der Waals surface area contributed by atoms with E-state index in [0.717, 1.165) is 22.8 Å². The Morgan fingerprint density at radius 2 is 2.55 bits per heavy atom. The summed E-state index contributed by atoms with van der Waals surface area (Å²) in [5.41, 5.74) is 1.11. The molecular formula is C7H6N4. The van der Waals surface area contributed by atoms with Gasteiger partial charge in [0.2, 0.25) is 0 Å². The lowest BCUT2D eigenvalue weighted by Crippen LogP contribution is -2.33. The van der Waals surface area contributed by atoms with Crippen molar-refractivity contribution in [3.8, 4) is 0 Å². The fourth-order valence-corrected chi connectivity index (χ4v) is 1.42. The quantitative estimate of drug-likeness (QED) is 0.490. The normalized spacial score (nSPS) is 18.5. The fourth-order valence-electron chi connectivity index (χ4n) is 1.42. The highest BCUT2D eigenvalue weighted by Gasteiger charge is 2.14. The van der Waals surface area contributed by atoms with Crippen LogP contribution in [0.4, 0.5) is 0 Å². The third-order valence-corrected chi connectivity index (χ3v) is 1.97. The van der Waals surface area contributed by atoms with Gasteiger partial charge in [0.05, 0.1) is 30.1 Å². The standard InChI is InChI=1S/C7H6N4/c1-5-6-2-11(4-8-6)3-7(5)10-9-1/h1,3-4,10H,2H2. The lowest BCUT2D eigenvalue weighted by Gasteiger charge is -2.07. The first-order valence-electron chi connectivity index (χ1n) is 3.48.